The molecule has 0 unspecified atom stereocenters. The minimum absolute atomic E-state index is 0.0145. The molecule has 2 heterocycles. The number of nitrogens with one attached hydrogen (secondary N) is 1. The number of amides is 1. The second-order valence-corrected chi connectivity index (χ2v) is 11.0. The molecule has 2 saturated heterocycles. The zero-order valence-electron chi connectivity index (χ0n) is 19.8. The number of anilines is 1. The van der Waals surface area contributed by atoms with E-state index in [1.165, 1.54) is 11.3 Å². The SMILES string of the molecule is CCN(CCCNC(=O)[C@@H]1CCCN(S(=O)(=O)N2CCCCCC2)C1)c1cccc(C)c1. The van der Waals surface area contributed by atoms with E-state index in [1.54, 1.807) is 8.61 Å². The number of benzene rings is 1. The number of aryl methyl sites for hydroxylation is 1. The molecule has 1 aromatic carbocycles. The van der Waals surface area contributed by atoms with Crippen molar-refractivity contribution in [2.75, 3.05) is 50.7 Å². The summed E-state index contributed by atoms with van der Waals surface area (Å²) in [6.07, 6.45) is 6.38. The Kier molecular flexibility index (Phi) is 9.37. The first-order valence-corrected chi connectivity index (χ1v) is 13.7. The standard InChI is InChI=1S/C24H40N4O3S/c1-3-26(23-13-8-11-21(2)19-23)15-10-14-25-24(29)22-12-9-18-28(20-22)32(30,31)27-16-6-4-5-7-17-27/h8,11,13,19,22H,3-7,9-10,12,14-18,20H2,1-2H3,(H,25,29)/t22-/m1/s1. The highest BCUT2D eigenvalue weighted by Gasteiger charge is 2.35. The Bertz CT molecular complexity index is 837. The number of hydrogen-bond donors (Lipinski definition) is 1. The number of nitrogens with zero attached hydrogens (tertiary/aromatic N) is 3. The van der Waals surface area contributed by atoms with Crippen molar-refractivity contribution in [2.45, 2.75) is 58.8 Å². The minimum Gasteiger partial charge on any atom is -0.372 e. The summed E-state index contributed by atoms with van der Waals surface area (Å²) in [5.41, 5.74) is 2.45. The Balaban J connectivity index is 1.46. The van der Waals surface area contributed by atoms with Crippen molar-refractivity contribution in [1.29, 1.82) is 0 Å². The lowest BCUT2D eigenvalue weighted by Crippen LogP contribution is -2.50. The van der Waals surface area contributed by atoms with Crippen molar-refractivity contribution < 1.29 is 13.2 Å². The third-order valence-electron chi connectivity index (χ3n) is 6.63. The third-order valence-corrected chi connectivity index (χ3v) is 8.63. The highest BCUT2D eigenvalue weighted by Crippen LogP contribution is 2.23. The predicted octanol–water partition coefficient (Wildman–Crippen LogP) is 3.16. The quantitative estimate of drug-likeness (QED) is 0.570. The largest absolute Gasteiger partial charge is 0.372 e. The minimum atomic E-state index is -3.47. The van der Waals surface area contributed by atoms with Gasteiger partial charge in [-0.3, -0.25) is 4.79 Å². The Labute approximate surface area is 194 Å². The summed E-state index contributed by atoms with van der Waals surface area (Å²) in [5, 5.41) is 3.06. The Morgan fingerprint density at radius 1 is 1.09 bits per heavy atom. The van der Waals surface area contributed by atoms with Gasteiger partial charge in [-0.05, 0) is 63.6 Å². The summed E-state index contributed by atoms with van der Waals surface area (Å²) in [5.74, 6) is -0.274. The van der Waals surface area contributed by atoms with Crippen LogP contribution in [0.15, 0.2) is 24.3 Å². The first-order valence-electron chi connectivity index (χ1n) is 12.3. The van der Waals surface area contributed by atoms with Gasteiger partial charge in [-0.25, -0.2) is 0 Å². The van der Waals surface area contributed by atoms with E-state index >= 15 is 0 Å². The van der Waals surface area contributed by atoms with Crippen LogP contribution in [-0.4, -0.2) is 68.7 Å². The van der Waals surface area contributed by atoms with Gasteiger partial charge in [0.15, 0.2) is 0 Å². The van der Waals surface area contributed by atoms with Crippen molar-refractivity contribution in [3.05, 3.63) is 29.8 Å². The highest BCUT2D eigenvalue weighted by molar-refractivity contribution is 7.86. The van der Waals surface area contributed by atoms with Gasteiger partial charge in [-0.1, -0.05) is 25.0 Å². The number of carbonyl (C=O) groups excluding carboxylic acids is 1. The normalized spacial score (nSPS) is 21.1. The average Bonchev–Trinajstić information content (AvgIpc) is 3.09. The molecular formula is C24H40N4O3S. The Morgan fingerprint density at radius 3 is 2.50 bits per heavy atom. The molecule has 0 bridgehead atoms. The molecule has 32 heavy (non-hydrogen) atoms. The maximum Gasteiger partial charge on any atom is 0.281 e. The molecular weight excluding hydrogens is 424 g/mol. The van der Waals surface area contributed by atoms with E-state index in [0.29, 0.717) is 32.7 Å². The topological polar surface area (TPSA) is 73.0 Å². The molecule has 2 fully saturated rings. The number of piperidine rings is 1. The lowest BCUT2D eigenvalue weighted by Gasteiger charge is -2.34. The molecule has 180 valence electrons. The van der Waals surface area contributed by atoms with Crippen LogP contribution in [0.2, 0.25) is 0 Å². The van der Waals surface area contributed by atoms with E-state index in [1.807, 2.05) is 0 Å². The van der Waals surface area contributed by atoms with E-state index in [2.05, 4.69) is 48.3 Å². The summed E-state index contributed by atoms with van der Waals surface area (Å²) < 4.78 is 29.4. The molecule has 1 atom stereocenters. The summed E-state index contributed by atoms with van der Waals surface area (Å²) >= 11 is 0. The van der Waals surface area contributed by atoms with Gasteiger partial charge >= 0.3 is 0 Å². The van der Waals surface area contributed by atoms with Crippen LogP contribution < -0.4 is 10.2 Å². The van der Waals surface area contributed by atoms with Crippen LogP contribution in [0.25, 0.3) is 0 Å². The molecule has 0 radical (unpaired) electrons. The van der Waals surface area contributed by atoms with Gasteiger partial charge in [0.25, 0.3) is 10.2 Å². The fourth-order valence-corrected chi connectivity index (χ4v) is 6.50. The molecule has 2 aliphatic rings. The highest BCUT2D eigenvalue weighted by atomic mass is 32.2. The fourth-order valence-electron chi connectivity index (χ4n) is 4.72. The van der Waals surface area contributed by atoms with E-state index < -0.39 is 10.2 Å². The molecule has 1 aromatic rings. The van der Waals surface area contributed by atoms with Gasteiger partial charge < -0.3 is 10.2 Å². The lowest BCUT2D eigenvalue weighted by molar-refractivity contribution is -0.126. The molecule has 1 N–H and O–H groups in total. The molecule has 8 heteroatoms. The molecule has 3 rings (SSSR count). The second-order valence-electron chi connectivity index (χ2n) is 9.08. The monoisotopic (exact) mass is 464 g/mol. The third kappa shape index (κ3) is 6.68. The maximum atomic E-state index is 13.1. The van der Waals surface area contributed by atoms with Gasteiger partial charge in [0.2, 0.25) is 5.91 Å². The first-order chi connectivity index (χ1) is 15.4. The van der Waals surface area contributed by atoms with Gasteiger partial charge in [-0.2, -0.15) is 17.0 Å². The van der Waals surface area contributed by atoms with Gasteiger partial charge in [0.05, 0.1) is 5.92 Å². The molecule has 1 amide bonds. The second kappa shape index (κ2) is 12.0. The van der Waals surface area contributed by atoms with Crippen LogP contribution in [0.5, 0.6) is 0 Å². The van der Waals surface area contributed by atoms with Crippen LogP contribution >= 0.6 is 0 Å². The Morgan fingerprint density at radius 2 is 1.81 bits per heavy atom. The number of hydrogen-bond acceptors (Lipinski definition) is 4. The van der Waals surface area contributed by atoms with E-state index in [9.17, 15) is 13.2 Å². The number of carbonyl (C=O) groups is 1. The van der Waals surface area contributed by atoms with E-state index in [4.69, 9.17) is 0 Å². The van der Waals surface area contributed by atoms with Crippen molar-refractivity contribution in [3.8, 4) is 0 Å². The van der Waals surface area contributed by atoms with Crippen LogP contribution in [0.3, 0.4) is 0 Å². The first kappa shape index (κ1) is 25.0. The van der Waals surface area contributed by atoms with E-state index in [0.717, 1.165) is 58.0 Å². The van der Waals surface area contributed by atoms with Crippen molar-refractivity contribution in [2.24, 2.45) is 5.92 Å². The van der Waals surface area contributed by atoms with Crippen LogP contribution in [-0.2, 0) is 15.0 Å². The van der Waals surface area contributed by atoms with Crippen molar-refractivity contribution in [1.82, 2.24) is 13.9 Å². The molecule has 2 aliphatic heterocycles. The molecule has 0 aromatic heterocycles. The molecule has 7 nitrogen and oxygen atoms in total. The smallest absolute Gasteiger partial charge is 0.281 e. The molecule has 0 saturated carbocycles. The maximum absolute atomic E-state index is 13.1. The lowest BCUT2D eigenvalue weighted by atomic mass is 9.99. The van der Waals surface area contributed by atoms with Crippen molar-refractivity contribution in [3.63, 3.8) is 0 Å². The summed E-state index contributed by atoms with van der Waals surface area (Å²) in [7, 11) is -3.47. The van der Waals surface area contributed by atoms with E-state index in [-0.39, 0.29) is 11.8 Å². The fraction of sp³-hybridized carbons (Fsp3) is 0.708. The van der Waals surface area contributed by atoms with Crippen LogP contribution in [0.1, 0.15) is 57.4 Å². The van der Waals surface area contributed by atoms with Crippen molar-refractivity contribution >= 4 is 21.8 Å². The van der Waals surface area contributed by atoms with Gasteiger partial charge in [-0.15, -0.1) is 0 Å². The van der Waals surface area contributed by atoms with Gasteiger partial charge in [0.1, 0.15) is 0 Å². The zero-order chi connectivity index (χ0) is 23.0. The summed E-state index contributed by atoms with van der Waals surface area (Å²) in [4.78, 5) is 15.1. The van der Waals surface area contributed by atoms with Gasteiger partial charge in [0, 0.05) is 51.5 Å². The molecule has 0 spiro atoms. The zero-order valence-corrected chi connectivity index (χ0v) is 20.6. The average molecular weight is 465 g/mol. The summed E-state index contributed by atoms with van der Waals surface area (Å²) in [6.45, 7) is 8.66. The van der Waals surface area contributed by atoms with Crippen LogP contribution in [0.4, 0.5) is 5.69 Å². The summed E-state index contributed by atoms with van der Waals surface area (Å²) in [6, 6.07) is 8.47. The predicted molar refractivity (Wildman–Crippen MR) is 130 cm³/mol. The number of rotatable bonds is 9. The molecule has 0 aliphatic carbocycles. The van der Waals surface area contributed by atoms with Crippen LogP contribution in [0, 0.1) is 12.8 Å². The Hall–Kier alpha value is -1.64.